The summed E-state index contributed by atoms with van der Waals surface area (Å²) in [4.78, 5) is 0.366. The van der Waals surface area contributed by atoms with Crippen LogP contribution in [0.5, 0.6) is 0 Å². The van der Waals surface area contributed by atoms with Crippen LogP contribution in [0.4, 0.5) is 0 Å². The van der Waals surface area contributed by atoms with E-state index in [1.54, 1.807) is 24.3 Å². The van der Waals surface area contributed by atoms with E-state index in [1.165, 1.54) is 0 Å². The van der Waals surface area contributed by atoms with E-state index in [9.17, 15) is 8.42 Å². The van der Waals surface area contributed by atoms with Gasteiger partial charge in [0.25, 0.3) is 0 Å². The van der Waals surface area contributed by atoms with Crippen LogP contribution in [0.25, 0.3) is 0 Å². The molecule has 0 unspecified atom stereocenters. The first-order valence-corrected chi connectivity index (χ1v) is 9.10. The molecule has 0 saturated heterocycles. The first-order valence-electron chi connectivity index (χ1n) is 7.56. The molecule has 0 heterocycles. The Labute approximate surface area is 137 Å². The van der Waals surface area contributed by atoms with Crippen molar-refractivity contribution < 1.29 is 8.42 Å². The lowest BCUT2D eigenvalue weighted by Crippen LogP contribution is -2.16. The van der Waals surface area contributed by atoms with E-state index in [-0.39, 0.29) is 0 Å². The van der Waals surface area contributed by atoms with E-state index in [0.29, 0.717) is 11.3 Å². The largest absolute Gasteiger partial charge is 0.223 e. The van der Waals surface area contributed by atoms with Gasteiger partial charge in [0.1, 0.15) is 0 Å². The summed E-state index contributed by atoms with van der Waals surface area (Å²) in [7, 11) is -3.45. The molecule has 0 aliphatic heterocycles. The quantitative estimate of drug-likeness (QED) is 0.696. The molecule has 3 heteroatoms. The first kappa shape index (κ1) is 15.5. The summed E-state index contributed by atoms with van der Waals surface area (Å²) in [5.74, 6) is 0. The zero-order chi connectivity index (χ0) is 16.1. The van der Waals surface area contributed by atoms with Crippen molar-refractivity contribution in [2.24, 2.45) is 0 Å². The highest BCUT2D eigenvalue weighted by Crippen LogP contribution is 2.31. The van der Waals surface area contributed by atoms with Gasteiger partial charge in [0.2, 0.25) is 0 Å². The van der Waals surface area contributed by atoms with Crippen molar-refractivity contribution in [3.8, 4) is 0 Å². The van der Waals surface area contributed by atoms with Gasteiger partial charge < -0.3 is 0 Å². The van der Waals surface area contributed by atoms with E-state index >= 15 is 0 Å². The second kappa shape index (κ2) is 6.80. The summed E-state index contributed by atoms with van der Waals surface area (Å²) >= 11 is 0. The van der Waals surface area contributed by atoms with Crippen molar-refractivity contribution >= 4 is 9.84 Å². The Morgan fingerprint density at radius 2 is 1.13 bits per heavy atom. The molecule has 3 rings (SSSR count). The number of sulfone groups is 1. The molecule has 3 aromatic carbocycles. The van der Waals surface area contributed by atoms with Crippen LogP contribution >= 0.6 is 0 Å². The van der Waals surface area contributed by atoms with Gasteiger partial charge in [-0.25, -0.2) is 8.42 Å². The molecule has 2 nitrogen and oxygen atoms in total. The number of hydrogen-bond donors (Lipinski definition) is 0. The van der Waals surface area contributed by atoms with Gasteiger partial charge in [0.15, 0.2) is 9.84 Å². The Morgan fingerprint density at radius 3 is 1.70 bits per heavy atom. The lowest BCUT2D eigenvalue weighted by molar-refractivity contribution is 0.581. The van der Waals surface area contributed by atoms with Gasteiger partial charge in [-0.2, -0.15) is 0 Å². The smallest absolute Gasteiger partial charge is 0.185 e. The molecule has 23 heavy (non-hydrogen) atoms. The van der Waals surface area contributed by atoms with E-state index in [2.05, 4.69) is 0 Å². The molecule has 0 saturated carbocycles. The molecule has 0 amide bonds. The van der Waals surface area contributed by atoms with Gasteiger partial charge in [-0.1, -0.05) is 78.9 Å². The summed E-state index contributed by atoms with van der Waals surface area (Å²) in [6, 6.07) is 27.9. The van der Waals surface area contributed by atoms with Crippen LogP contribution in [0.15, 0.2) is 95.9 Å². The van der Waals surface area contributed by atoms with E-state index in [4.69, 9.17) is 0 Å². The van der Waals surface area contributed by atoms with Crippen molar-refractivity contribution in [3.63, 3.8) is 0 Å². The third-order valence-electron chi connectivity index (χ3n) is 3.88. The molecule has 3 aromatic rings. The molecule has 0 aromatic heterocycles. The number of hydrogen-bond acceptors (Lipinski definition) is 2. The highest BCUT2D eigenvalue weighted by molar-refractivity contribution is 7.91. The summed E-state index contributed by atoms with van der Waals surface area (Å²) in [5, 5.41) is -0.589. The van der Waals surface area contributed by atoms with Crippen LogP contribution in [0.2, 0.25) is 0 Å². The van der Waals surface area contributed by atoms with Crippen LogP contribution in [-0.2, 0) is 16.3 Å². The molecule has 0 radical (unpaired) electrons. The molecule has 0 N–H and O–H groups in total. The Morgan fingerprint density at radius 1 is 0.652 bits per heavy atom. The lowest BCUT2D eigenvalue weighted by atomic mass is 10.0. The predicted octanol–water partition coefficient (Wildman–Crippen LogP) is 4.44. The topological polar surface area (TPSA) is 34.1 Å². The molecular weight excluding hydrogens is 304 g/mol. The van der Waals surface area contributed by atoms with Crippen LogP contribution in [0, 0.1) is 0 Å². The van der Waals surface area contributed by atoms with Crippen molar-refractivity contribution in [1.82, 2.24) is 0 Å². The normalized spacial score (nSPS) is 12.7. The van der Waals surface area contributed by atoms with Crippen molar-refractivity contribution in [1.29, 1.82) is 0 Å². The first-order chi connectivity index (χ1) is 11.2. The van der Waals surface area contributed by atoms with Gasteiger partial charge in [-0.15, -0.1) is 0 Å². The van der Waals surface area contributed by atoms with Crippen LogP contribution in [0.1, 0.15) is 16.4 Å². The molecule has 0 aliphatic rings. The van der Waals surface area contributed by atoms with Crippen LogP contribution in [-0.4, -0.2) is 8.42 Å². The Balaban J connectivity index is 2.05. The van der Waals surface area contributed by atoms with Gasteiger partial charge in [-0.05, 0) is 29.7 Å². The highest BCUT2D eigenvalue weighted by atomic mass is 32.2. The molecule has 0 bridgehead atoms. The minimum atomic E-state index is -3.45. The Bertz CT molecular complexity index is 842. The summed E-state index contributed by atoms with van der Waals surface area (Å²) in [6.45, 7) is 0. The summed E-state index contributed by atoms with van der Waals surface area (Å²) in [6.07, 6.45) is 0.460. The third-order valence-corrected chi connectivity index (χ3v) is 6.00. The zero-order valence-electron chi connectivity index (χ0n) is 12.7. The average molecular weight is 322 g/mol. The van der Waals surface area contributed by atoms with E-state index in [0.717, 1.165) is 11.1 Å². The maximum absolute atomic E-state index is 13.1. The van der Waals surface area contributed by atoms with Gasteiger partial charge in [0.05, 0.1) is 10.1 Å². The summed E-state index contributed by atoms with van der Waals surface area (Å²) in [5.41, 5.74) is 1.83. The SMILES string of the molecule is O=S(=O)(c1ccccc1)[C@H](Cc1ccccc1)c1ccccc1. The van der Waals surface area contributed by atoms with Crippen LogP contribution in [0.3, 0.4) is 0 Å². The average Bonchev–Trinajstić information content (AvgIpc) is 2.62. The van der Waals surface area contributed by atoms with Gasteiger partial charge >= 0.3 is 0 Å². The van der Waals surface area contributed by atoms with Crippen LogP contribution < -0.4 is 0 Å². The maximum atomic E-state index is 13.1. The second-order valence-corrected chi connectivity index (χ2v) is 7.58. The molecule has 1 atom stereocenters. The Hall–Kier alpha value is -2.39. The highest BCUT2D eigenvalue weighted by Gasteiger charge is 2.29. The van der Waals surface area contributed by atoms with Gasteiger partial charge in [-0.3, -0.25) is 0 Å². The predicted molar refractivity (Wildman–Crippen MR) is 93.0 cm³/mol. The molecule has 0 spiro atoms. The van der Waals surface area contributed by atoms with E-state index in [1.807, 2.05) is 66.7 Å². The van der Waals surface area contributed by atoms with Crippen molar-refractivity contribution in [2.45, 2.75) is 16.6 Å². The standard InChI is InChI=1S/C20H18O2S/c21-23(22,19-14-8-3-9-15-19)20(18-12-6-2-7-13-18)16-17-10-4-1-5-11-17/h1-15,20H,16H2/t20-/m1/s1. The molecule has 116 valence electrons. The number of rotatable bonds is 5. The molecule has 0 aliphatic carbocycles. The monoisotopic (exact) mass is 322 g/mol. The second-order valence-electron chi connectivity index (χ2n) is 5.45. The van der Waals surface area contributed by atoms with Crippen molar-refractivity contribution in [3.05, 3.63) is 102 Å². The fourth-order valence-electron chi connectivity index (χ4n) is 2.68. The zero-order valence-corrected chi connectivity index (χ0v) is 13.5. The fraction of sp³-hybridized carbons (Fsp3) is 0.100. The van der Waals surface area contributed by atoms with Gasteiger partial charge in [0, 0.05) is 0 Å². The summed E-state index contributed by atoms with van der Waals surface area (Å²) < 4.78 is 26.3. The Kier molecular flexibility index (Phi) is 4.58. The third kappa shape index (κ3) is 3.51. The van der Waals surface area contributed by atoms with Crippen molar-refractivity contribution in [2.75, 3.05) is 0 Å². The molecule has 0 fully saturated rings. The molecular formula is C20H18O2S. The van der Waals surface area contributed by atoms with E-state index < -0.39 is 15.1 Å². The minimum Gasteiger partial charge on any atom is -0.223 e. The minimum absolute atomic E-state index is 0.366. The number of benzene rings is 3. The fourth-order valence-corrected chi connectivity index (χ4v) is 4.47. The maximum Gasteiger partial charge on any atom is 0.185 e. The lowest BCUT2D eigenvalue weighted by Gasteiger charge is -2.18.